The summed E-state index contributed by atoms with van der Waals surface area (Å²) in [5.74, 6) is 0.988. The standard InChI is InChI=1S/C33H55N5O4Si2/c1-12-13-19-34-31-36-29-28(30(37-31)39-21-24-17-15-14-16-18-24)35-23-38(29)27-20-25(42-44(10,11)33(5,6)7)26(41-27)22-40-43(8,9)32(2,3)4/h14-18,23,25-27H,12-13,19-22H2,1-11H3,(H,34,36,37)/t25-,26+,27+/m0/s1. The summed E-state index contributed by atoms with van der Waals surface area (Å²) in [6.45, 7) is 26.6. The summed E-state index contributed by atoms with van der Waals surface area (Å²) < 4.78 is 28.8. The normalized spacial score (nSPS) is 19.9. The fourth-order valence-electron chi connectivity index (χ4n) is 4.59. The lowest BCUT2D eigenvalue weighted by Gasteiger charge is -2.40. The van der Waals surface area contributed by atoms with Crippen molar-refractivity contribution in [3.05, 3.63) is 42.2 Å². The summed E-state index contributed by atoms with van der Waals surface area (Å²) in [4.78, 5) is 14.4. The van der Waals surface area contributed by atoms with E-state index in [1.54, 1.807) is 6.33 Å². The quantitative estimate of drug-likeness (QED) is 0.147. The highest BCUT2D eigenvalue weighted by atomic mass is 28.4. The number of nitrogens with zero attached hydrogens (tertiary/aromatic N) is 4. The maximum Gasteiger partial charge on any atom is 0.247 e. The number of imidazole rings is 1. The predicted octanol–water partition coefficient (Wildman–Crippen LogP) is 8.32. The van der Waals surface area contributed by atoms with Crippen molar-refractivity contribution in [2.75, 3.05) is 18.5 Å². The van der Waals surface area contributed by atoms with E-state index < -0.39 is 16.6 Å². The molecule has 0 radical (unpaired) electrons. The van der Waals surface area contributed by atoms with Crippen LogP contribution in [0.3, 0.4) is 0 Å². The van der Waals surface area contributed by atoms with E-state index in [0.29, 0.717) is 42.6 Å². The van der Waals surface area contributed by atoms with Crippen LogP contribution in [0.1, 0.15) is 79.5 Å². The largest absolute Gasteiger partial charge is 0.471 e. The molecule has 3 heterocycles. The van der Waals surface area contributed by atoms with Gasteiger partial charge in [0.1, 0.15) is 18.9 Å². The Bertz CT molecular complexity index is 1370. The fourth-order valence-corrected chi connectivity index (χ4v) is 6.96. The van der Waals surface area contributed by atoms with Crippen LogP contribution in [0, 0.1) is 0 Å². The Balaban J connectivity index is 1.65. The monoisotopic (exact) mass is 641 g/mol. The van der Waals surface area contributed by atoms with Crippen LogP contribution in [0.2, 0.25) is 36.3 Å². The minimum absolute atomic E-state index is 0.0783. The molecule has 244 valence electrons. The molecule has 0 amide bonds. The van der Waals surface area contributed by atoms with Crippen molar-refractivity contribution in [1.29, 1.82) is 0 Å². The van der Waals surface area contributed by atoms with Gasteiger partial charge in [0, 0.05) is 13.0 Å². The molecule has 1 saturated heterocycles. The lowest BCUT2D eigenvalue weighted by molar-refractivity contribution is -0.0383. The Morgan fingerprint density at radius 1 is 0.977 bits per heavy atom. The second kappa shape index (κ2) is 13.6. The Morgan fingerprint density at radius 3 is 2.30 bits per heavy atom. The Labute approximate surface area is 266 Å². The molecule has 1 N–H and O–H groups in total. The van der Waals surface area contributed by atoms with Gasteiger partial charge in [0.25, 0.3) is 0 Å². The fraction of sp³-hybridized carbons (Fsp3) is 0.667. The first-order valence-electron chi connectivity index (χ1n) is 16.1. The zero-order valence-electron chi connectivity index (χ0n) is 28.9. The number of benzene rings is 1. The van der Waals surface area contributed by atoms with Gasteiger partial charge in [0.05, 0.1) is 19.0 Å². The summed E-state index contributed by atoms with van der Waals surface area (Å²) in [6, 6.07) is 10.1. The topological polar surface area (TPSA) is 92.6 Å². The Kier molecular flexibility index (Phi) is 10.7. The number of rotatable bonds is 13. The lowest BCUT2D eigenvalue weighted by Crippen LogP contribution is -2.48. The van der Waals surface area contributed by atoms with Crippen LogP contribution >= 0.6 is 0 Å². The molecule has 0 unspecified atom stereocenters. The highest BCUT2D eigenvalue weighted by Crippen LogP contribution is 2.43. The molecular weight excluding hydrogens is 587 g/mol. The molecular formula is C33H55N5O4Si2. The molecule has 3 aromatic rings. The first kappa shape index (κ1) is 34.6. The number of ether oxygens (including phenoxy) is 2. The van der Waals surface area contributed by atoms with E-state index in [2.05, 4.69) is 80.0 Å². The van der Waals surface area contributed by atoms with Crippen LogP contribution in [0.5, 0.6) is 5.88 Å². The summed E-state index contributed by atoms with van der Waals surface area (Å²) in [5, 5.41) is 3.57. The Hall–Kier alpha value is -2.32. The van der Waals surface area contributed by atoms with Gasteiger partial charge in [-0.3, -0.25) is 4.57 Å². The van der Waals surface area contributed by atoms with Crippen LogP contribution in [0.15, 0.2) is 36.7 Å². The van der Waals surface area contributed by atoms with E-state index in [4.69, 9.17) is 33.3 Å². The molecule has 11 heteroatoms. The average Bonchev–Trinajstić information content (AvgIpc) is 3.53. The zero-order chi connectivity index (χ0) is 32.3. The number of fused-ring (bicyclic) bond motifs is 1. The molecule has 0 bridgehead atoms. The SMILES string of the molecule is CCCCNc1nc(OCc2ccccc2)c2ncn([C@H]3C[C@H](O[Si](C)(C)C(C)(C)C)[C@@H](CO[Si](C)(C)C(C)(C)C)O3)c2n1. The smallest absolute Gasteiger partial charge is 0.247 e. The molecule has 1 aliphatic rings. The van der Waals surface area contributed by atoms with Gasteiger partial charge in [-0.05, 0) is 48.2 Å². The number of nitrogens with one attached hydrogen (secondary N) is 1. The predicted molar refractivity (Wildman–Crippen MR) is 183 cm³/mol. The van der Waals surface area contributed by atoms with Gasteiger partial charge in [-0.15, -0.1) is 0 Å². The number of unbranched alkanes of at least 4 members (excludes halogenated alkanes) is 1. The number of hydrogen-bond acceptors (Lipinski definition) is 8. The van der Waals surface area contributed by atoms with E-state index in [1.165, 1.54) is 0 Å². The van der Waals surface area contributed by atoms with Crippen LogP contribution in [0.4, 0.5) is 5.95 Å². The maximum absolute atomic E-state index is 7.01. The molecule has 0 saturated carbocycles. The van der Waals surface area contributed by atoms with Crippen molar-refractivity contribution in [1.82, 2.24) is 19.5 Å². The van der Waals surface area contributed by atoms with Crippen molar-refractivity contribution in [3.8, 4) is 5.88 Å². The summed E-state index contributed by atoms with van der Waals surface area (Å²) >= 11 is 0. The van der Waals surface area contributed by atoms with Crippen molar-refractivity contribution in [2.24, 2.45) is 0 Å². The Morgan fingerprint density at radius 2 is 1.66 bits per heavy atom. The summed E-state index contributed by atoms with van der Waals surface area (Å²) in [5.41, 5.74) is 2.37. The van der Waals surface area contributed by atoms with Crippen molar-refractivity contribution in [3.63, 3.8) is 0 Å². The third kappa shape index (κ3) is 8.09. The highest BCUT2D eigenvalue weighted by molar-refractivity contribution is 6.74. The van der Waals surface area contributed by atoms with Crippen LogP contribution in [-0.4, -0.2) is 61.5 Å². The van der Waals surface area contributed by atoms with Gasteiger partial charge in [0.2, 0.25) is 11.8 Å². The van der Waals surface area contributed by atoms with Gasteiger partial charge in [-0.1, -0.05) is 85.2 Å². The molecule has 0 spiro atoms. The second-order valence-corrected chi connectivity index (χ2v) is 24.6. The van der Waals surface area contributed by atoms with Gasteiger partial charge < -0.3 is 23.6 Å². The average molecular weight is 642 g/mol. The first-order chi connectivity index (χ1) is 20.5. The molecule has 2 aromatic heterocycles. The highest BCUT2D eigenvalue weighted by Gasteiger charge is 2.47. The van der Waals surface area contributed by atoms with E-state index in [0.717, 1.165) is 24.9 Å². The van der Waals surface area contributed by atoms with Crippen molar-refractivity contribution < 1.29 is 18.3 Å². The van der Waals surface area contributed by atoms with Gasteiger partial charge in [0.15, 0.2) is 27.8 Å². The van der Waals surface area contributed by atoms with Crippen molar-refractivity contribution >= 4 is 33.7 Å². The number of anilines is 1. The minimum Gasteiger partial charge on any atom is -0.471 e. The number of aromatic nitrogens is 4. The van der Waals surface area contributed by atoms with Crippen LogP contribution in [0.25, 0.3) is 11.2 Å². The third-order valence-corrected chi connectivity index (χ3v) is 18.6. The van der Waals surface area contributed by atoms with E-state index in [9.17, 15) is 0 Å². The first-order valence-corrected chi connectivity index (χ1v) is 22.0. The molecule has 0 aliphatic carbocycles. The molecule has 1 fully saturated rings. The van der Waals surface area contributed by atoms with Crippen LogP contribution < -0.4 is 10.1 Å². The van der Waals surface area contributed by atoms with Gasteiger partial charge in [-0.25, -0.2) is 4.98 Å². The van der Waals surface area contributed by atoms with Crippen molar-refractivity contribution in [2.45, 2.75) is 129 Å². The maximum atomic E-state index is 7.01. The summed E-state index contributed by atoms with van der Waals surface area (Å²) in [6.07, 6.45) is 3.99. The molecule has 4 rings (SSSR count). The molecule has 9 nitrogen and oxygen atoms in total. The van der Waals surface area contributed by atoms with E-state index in [-0.39, 0.29) is 28.5 Å². The minimum atomic E-state index is -2.08. The lowest BCUT2D eigenvalue weighted by atomic mass is 10.2. The molecule has 1 aromatic carbocycles. The summed E-state index contributed by atoms with van der Waals surface area (Å²) in [7, 11) is -4.06. The number of hydrogen-bond donors (Lipinski definition) is 1. The molecule has 1 aliphatic heterocycles. The third-order valence-electron chi connectivity index (χ3n) is 9.58. The molecule has 3 atom stereocenters. The van der Waals surface area contributed by atoms with E-state index >= 15 is 0 Å². The zero-order valence-corrected chi connectivity index (χ0v) is 30.9. The van der Waals surface area contributed by atoms with Gasteiger partial charge >= 0.3 is 0 Å². The second-order valence-electron chi connectivity index (χ2n) is 15.1. The van der Waals surface area contributed by atoms with Crippen LogP contribution in [-0.2, 0) is 20.2 Å². The van der Waals surface area contributed by atoms with Gasteiger partial charge in [-0.2, -0.15) is 9.97 Å². The molecule has 44 heavy (non-hydrogen) atoms. The van der Waals surface area contributed by atoms with E-state index in [1.807, 2.05) is 34.9 Å².